The molecule has 0 saturated heterocycles. The zero-order chi connectivity index (χ0) is 28.4. The zero-order valence-corrected chi connectivity index (χ0v) is 21.6. The molecule has 0 aliphatic heterocycles. The van der Waals surface area contributed by atoms with Gasteiger partial charge >= 0.3 is 5.97 Å². The summed E-state index contributed by atoms with van der Waals surface area (Å²) < 4.78 is 19.7. The van der Waals surface area contributed by atoms with Gasteiger partial charge in [-0.25, -0.2) is 4.39 Å². The molecule has 1 aromatic heterocycles. The second-order valence-electron chi connectivity index (χ2n) is 9.01. The van der Waals surface area contributed by atoms with Crippen LogP contribution in [0.15, 0.2) is 60.0 Å². The van der Waals surface area contributed by atoms with Crippen molar-refractivity contribution < 1.29 is 28.6 Å². The number of carbonyl (C=O) groups is 3. The van der Waals surface area contributed by atoms with E-state index in [2.05, 4.69) is 27.3 Å². The molecule has 2 N–H and O–H groups in total. The molecule has 1 atom stereocenters. The number of halogens is 1. The van der Waals surface area contributed by atoms with Crippen molar-refractivity contribution in [2.75, 3.05) is 0 Å². The maximum atomic E-state index is 14.2. The van der Waals surface area contributed by atoms with Gasteiger partial charge in [0.25, 0.3) is 11.8 Å². The fourth-order valence-corrected chi connectivity index (χ4v) is 4.01. The molecule has 1 heterocycles. The first-order valence-corrected chi connectivity index (χ1v) is 12.3. The van der Waals surface area contributed by atoms with Crippen LogP contribution in [0.2, 0.25) is 0 Å². The van der Waals surface area contributed by atoms with Gasteiger partial charge in [-0.2, -0.15) is 0 Å². The van der Waals surface area contributed by atoms with Crippen molar-refractivity contribution in [2.24, 2.45) is 11.0 Å². The molecule has 11 heteroatoms. The molecule has 202 valence electrons. The van der Waals surface area contributed by atoms with E-state index in [0.717, 1.165) is 25.0 Å². The van der Waals surface area contributed by atoms with E-state index in [0.29, 0.717) is 28.7 Å². The van der Waals surface area contributed by atoms with E-state index in [1.807, 2.05) is 6.92 Å². The fraction of sp³-hybridized carbons (Fsp3) is 0.286. The molecular weight excluding hydrogens is 505 g/mol. The smallest absolute Gasteiger partial charge is 0.306 e. The van der Waals surface area contributed by atoms with E-state index < -0.39 is 17.6 Å². The third-order valence-corrected chi connectivity index (χ3v) is 6.00. The molecule has 2 amide bonds. The Morgan fingerprint density at radius 3 is 2.69 bits per heavy atom. The average molecular weight is 534 g/mol. The first-order valence-electron chi connectivity index (χ1n) is 12.3. The Morgan fingerprint density at radius 2 is 1.97 bits per heavy atom. The number of nitrogens with zero attached hydrogens (tertiary/aromatic N) is 4. The van der Waals surface area contributed by atoms with Crippen LogP contribution < -0.4 is 5.32 Å². The van der Waals surface area contributed by atoms with Crippen LogP contribution in [0.1, 0.15) is 65.0 Å². The minimum absolute atomic E-state index is 0.0247. The molecule has 39 heavy (non-hydrogen) atoms. The van der Waals surface area contributed by atoms with Gasteiger partial charge in [0.1, 0.15) is 18.2 Å². The van der Waals surface area contributed by atoms with Gasteiger partial charge in [0, 0.05) is 41.4 Å². The van der Waals surface area contributed by atoms with Gasteiger partial charge in [0.15, 0.2) is 0 Å². The van der Waals surface area contributed by atoms with Crippen LogP contribution in [0.5, 0.6) is 5.75 Å². The average Bonchev–Trinajstić information content (AvgIpc) is 2.91. The van der Waals surface area contributed by atoms with Crippen molar-refractivity contribution in [3.63, 3.8) is 0 Å². The summed E-state index contributed by atoms with van der Waals surface area (Å²) in [5.41, 5.74) is 10.2. The van der Waals surface area contributed by atoms with E-state index in [4.69, 9.17) is 10.3 Å². The normalized spacial score (nSPS) is 11.3. The van der Waals surface area contributed by atoms with E-state index in [1.165, 1.54) is 18.2 Å². The number of phenolic OH excluding ortho intramolecular Hbond substituents is 1. The number of benzene rings is 2. The van der Waals surface area contributed by atoms with Gasteiger partial charge in [-0.05, 0) is 58.0 Å². The summed E-state index contributed by atoms with van der Waals surface area (Å²) >= 11 is 0. The Balaban J connectivity index is 1.73. The SMILES string of the molecule is CCCC(C)CC(=O)OCc1ccncc1-c1ccc(O)c(C(=O)NCc2ccc(C(=O)N=[N+]=[N-])c(F)c2)c1. The molecule has 0 saturated carbocycles. The Kier molecular flexibility index (Phi) is 10.1. The highest BCUT2D eigenvalue weighted by atomic mass is 19.1. The first kappa shape index (κ1) is 28.8. The Labute approximate surface area is 224 Å². The third-order valence-electron chi connectivity index (χ3n) is 6.00. The molecule has 0 aliphatic carbocycles. The van der Waals surface area contributed by atoms with Gasteiger partial charge in [-0.3, -0.25) is 19.4 Å². The van der Waals surface area contributed by atoms with E-state index >= 15 is 0 Å². The second kappa shape index (κ2) is 13.7. The standard InChI is InChI=1S/C28H28FN5O5/c1-3-4-17(2)11-26(36)39-16-20-9-10-31-15-23(20)19-6-8-25(35)22(13-19)27(37)32-14-18-5-7-21(24(29)12-18)28(38)33-34-30/h5-10,12-13,15,17,35H,3-4,11,14,16H2,1-2H3,(H,32,37). The summed E-state index contributed by atoms with van der Waals surface area (Å²) in [5, 5.41) is 15.8. The molecule has 0 spiro atoms. The number of pyridine rings is 1. The van der Waals surface area contributed by atoms with Crippen molar-refractivity contribution in [2.45, 2.75) is 46.3 Å². The van der Waals surface area contributed by atoms with Crippen molar-refractivity contribution in [1.82, 2.24) is 10.3 Å². The molecule has 0 radical (unpaired) electrons. The maximum Gasteiger partial charge on any atom is 0.306 e. The molecule has 2 aromatic carbocycles. The number of ether oxygens (including phenoxy) is 1. The monoisotopic (exact) mass is 533 g/mol. The van der Waals surface area contributed by atoms with Gasteiger partial charge in [-0.15, -0.1) is 0 Å². The predicted molar refractivity (Wildman–Crippen MR) is 141 cm³/mol. The van der Waals surface area contributed by atoms with Gasteiger partial charge < -0.3 is 15.2 Å². The summed E-state index contributed by atoms with van der Waals surface area (Å²) in [5.74, 6) is -2.90. The number of rotatable bonds is 11. The van der Waals surface area contributed by atoms with E-state index in [1.54, 1.807) is 24.5 Å². The summed E-state index contributed by atoms with van der Waals surface area (Å²) in [6, 6.07) is 9.80. The summed E-state index contributed by atoms with van der Waals surface area (Å²) in [4.78, 5) is 43.2. The number of amides is 2. The van der Waals surface area contributed by atoms with Crippen molar-refractivity contribution >= 4 is 17.8 Å². The predicted octanol–water partition coefficient (Wildman–Crippen LogP) is 5.84. The lowest BCUT2D eigenvalue weighted by molar-refractivity contribution is -0.146. The molecule has 3 aromatic rings. The molecule has 3 rings (SSSR count). The Morgan fingerprint density at radius 1 is 1.18 bits per heavy atom. The largest absolute Gasteiger partial charge is 0.507 e. The molecular formula is C28H28FN5O5. The lowest BCUT2D eigenvalue weighted by atomic mass is 9.99. The molecule has 0 bridgehead atoms. The number of hydrogen-bond donors (Lipinski definition) is 2. The van der Waals surface area contributed by atoms with Crippen LogP contribution >= 0.6 is 0 Å². The van der Waals surface area contributed by atoms with Crippen LogP contribution in [0.4, 0.5) is 4.39 Å². The van der Waals surface area contributed by atoms with E-state index in [-0.39, 0.29) is 41.9 Å². The first-order chi connectivity index (χ1) is 18.7. The molecule has 0 aliphatic rings. The van der Waals surface area contributed by atoms with Crippen molar-refractivity contribution in [1.29, 1.82) is 0 Å². The molecule has 0 fully saturated rings. The van der Waals surface area contributed by atoms with Gasteiger partial charge in [-0.1, -0.05) is 38.8 Å². The summed E-state index contributed by atoms with van der Waals surface area (Å²) in [6.45, 7) is 4.00. The summed E-state index contributed by atoms with van der Waals surface area (Å²) in [7, 11) is 0. The van der Waals surface area contributed by atoms with Crippen LogP contribution in [0.3, 0.4) is 0 Å². The number of nitrogens with one attached hydrogen (secondary N) is 1. The number of hydrogen-bond acceptors (Lipinski definition) is 6. The summed E-state index contributed by atoms with van der Waals surface area (Å²) in [6.07, 6.45) is 5.41. The molecule has 1 unspecified atom stereocenters. The lowest BCUT2D eigenvalue weighted by Crippen LogP contribution is -2.23. The molecule has 10 nitrogen and oxygen atoms in total. The lowest BCUT2D eigenvalue weighted by Gasteiger charge is -2.13. The number of aromatic hydroxyl groups is 1. The van der Waals surface area contributed by atoms with Crippen molar-refractivity contribution in [3.05, 3.63) is 93.4 Å². The van der Waals surface area contributed by atoms with Crippen LogP contribution in [-0.2, 0) is 22.7 Å². The van der Waals surface area contributed by atoms with Gasteiger partial charge in [0.05, 0.1) is 11.1 Å². The minimum Gasteiger partial charge on any atom is -0.507 e. The topological polar surface area (TPSA) is 154 Å². The van der Waals surface area contributed by atoms with Crippen LogP contribution in [-0.4, -0.2) is 27.9 Å². The second-order valence-corrected chi connectivity index (χ2v) is 9.01. The van der Waals surface area contributed by atoms with Gasteiger partial charge in [0.2, 0.25) is 0 Å². The van der Waals surface area contributed by atoms with Crippen molar-refractivity contribution in [3.8, 4) is 16.9 Å². The minimum atomic E-state index is -1.05. The highest BCUT2D eigenvalue weighted by Crippen LogP contribution is 2.29. The quantitative estimate of drug-likeness (QED) is 0.136. The number of phenols is 1. The Hall–Kier alpha value is -4.76. The third kappa shape index (κ3) is 7.86. The zero-order valence-electron chi connectivity index (χ0n) is 21.6. The number of azide groups is 1. The maximum absolute atomic E-state index is 14.2. The Bertz CT molecular complexity index is 1420. The van der Waals surface area contributed by atoms with Crippen LogP contribution in [0, 0.1) is 11.7 Å². The highest BCUT2D eigenvalue weighted by molar-refractivity contribution is 5.98. The highest BCUT2D eigenvalue weighted by Gasteiger charge is 2.17. The number of carbonyl (C=O) groups excluding carboxylic acids is 3. The van der Waals surface area contributed by atoms with Crippen LogP contribution in [0.25, 0.3) is 21.6 Å². The fourth-order valence-electron chi connectivity index (χ4n) is 4.01. The number of esters is 1. The van der Waals surface area contributed by atoms with E-state index in [9.17, 15) is 23.9 Å². The number of aromatic nitrogens is 1.